The number of hydrogen-bond donors (Lipinski definition) is 1. The quantitative estimate of drug-likeness (QED) is 0.720. The molecule has 8 nitrogen and oxygen atoms in total. The van der Waals surface area contributed by atoms with Gasteiger partial charge < -0.3 is 19.7 Å². The average molecular weight is 434 g/mol. The molecule has 2 heterocycles. The minimum atomic E-state index is -1.27. The summed E-state index contributed by atoms with van der Waals surface area (Å²) in [6.45, 7) is 4.42. The van der Waals surface area contributed by atoms with E-state index in [1.807, 2.05) is 0 Å². The predicted octanol–water partition coefficient (Wildman–Crippen LogP) is 3.08. The lowest BCUT2D eigenvalue weighted by Crippen LogP contribution is -2.36. The van der Waals surface area contributed by atoms with Gasteiger partial charge in [-0.1, -0.05) is 0 Å². The van der Waals surface area contributed by atoms with Crippen LogP contribution in [0.2, 0.25) is 0 Å². The summed E-state index contributed by atoms with van der Waals surface area (Å²) in [4.78, 5) is 32.9. The van der Waals surface area contributed by atoms with Crippen molar-refractivity contribution in [2.75, 3.05) is 19.7 Å². The summed E-state index contributed by atoms with van der Waals surface area (Å²) in [5.74, 6) is -3.53. The number of carbonyl (C=O) groups excluding carboxylic acids is 2. The van der Waals surface area contributed by atoms with Crippen LogP contribution in [-0.2, 0) is 4.79 Å². The molecule has 1 saturated heterocycles. The summed E-state index contributed by atoms with van der Waals surface area (Å²) in [7, 11) is 0. The van der Waals surface area contributed by atoms with Crippen molar-refractivity contribution in [2.24, 2.45) is 0 Å². The molecule has 2 aromatic rings. The number of nitrogens with zero attached hydrogens (tertiary/aromatic N) is 3. The third-order valence-electron chi connectivity index (χ3n) is 4.67. The van der Waals surface area contributed by atoms with Crippen LogP contribution in [0.25, 0.3) is 0 Å². The zero-order valence-electron chi connectivity index (χ0n) is 17.4. The van der Waals surface area contributed by atoms with E-state index < -0.39 is 23.3 Å². The summed E-state index contributed by atoms with van der Waals surface area (Å²) in [6.07, 6.45) is 5.18. The van der Waals surface area contributed by atoms with E-state index in [2.05, 4.69) is 15.3 Å². The topological polar surface area (TPSA) is 93.7 Å². The lowest BCUT2D eigenvalue weighted by Gasteiger charge is -2.27. The van der Waals surface area contributed by atoms with Gasteiger partial charge in [0.1, 0.15) is 6.61 Å². The van der Waals surface area contributed by atoms with Gasteiger partial charge in [0, 0.05) is 20.0 Å². The first-order valence-corrected chi connectivity index (χ1v) is 10.0. The molecule has 1 N–H and O–H groups in total. The van der Waals surface area contributed by atoms with E-state index in [1.165, 1.54) is 36.4 Å². The van der Waals surface area contributed by atoms with E-state index in [1.54, 1.807) is 6.92 Å². The fourth-order valence-corrected chi connectivity index (χ4v) is 3.19. The van der Waals surface area contributed by atoms with Crippen LogP contribution in [0.15, 0.2) is 24.5 Å². The lowest BCUT2D eigenvalue weighted by atomic mass is 10.1. The van der Waals surface area contributed by atoms with Gasteiger partial charge >= 0.3 is 0 Å². The van der Waals surface area contributed by atoms with Gasteiger partial charge in [0.15, 0.2) is 11.6 Å². The number of benzene rings is 1. The van der Waals surface area contributed by atoms with Gasteiger partial charge in [0.2, 0.25) is 23.5 Å². The molecule has 1 fully saturated rings. The highest BCUT2D eigenvalue weighted by Crippen LogP contribution is 2.28. The number of piperidine rings is 1. The Hall–Kier alpha value is -3.30. The molecule has 1 aliphatic heterocycles. The number of nitrogens with one attached hydrogen (secondary N) is 1. The summed E-state index contributed by atoms with van der Waals surface area (Å²) in [6, 6.07) is 2.17. The maximum atomic E-state index is 14.5. The van der Waals surface area contributed by atoms with Crippen molar-refractivity contribution >= 4 is 11.8 Å². The third-order valence-corrected chi connectivity index (χ3v) is 4.67. The molecule has 3 rings (SSSR count). The number of likely N-dealkylation sites (tertiary alicyclic amines) is 1. The normalized spacial score (nSPS) is 14.6. The van der Waals surface area contributed by atoms with Gasteiger partial charge in [-0.25, -0.2) is 14.4 Å². The molecular formula is C21H24F2N4O4. The van der Waals surface area contributed by atoms with Crippen LogP contribution >= 0.6 is 0 Å². The van der Waals surface area contributed by atoms with Gasteiger partial charge in [-0.05, 0) is 38.3 Å². The molecule has 1 unspecified atom stereocenters. The molecule has 1 aromatic carbocycles. The van der Waals surface area contributed by atoms with E-state index in [0.29, 0.717) is 13.1 Å². The Kier molecular flexibility index (Phi) is 7.32. The highest BCUT2D eigenvalue weighted by Gasteiger charge is 2.25. The van der Waals surface area contributed by atoms with E-state index >= 15 is 0 Å². The number of rotatable bonds is 7. The molecule has 31 heavy (non-hydrogen) atoms. The summed E-state index contributed by atoms with van der Waals surface area (Å²) >= 11 is 0. The van der Waals surface area contributed by atoms with E-state index in [0.717, 1.165) is 19.3 Å². The Bertz CT molecular complexity index is 934. The number of carbonyl (C=O) groups is 2. The maximum Gasteiger partial charge on any atom is 0.256 e. The van der Waals surface area contributed by atoms with Crippen molar-refractivity contribution < 1.29 is 27.8 Å². The van der Waals surface area contributed by atoms with E-state index in [9.17, 15) is 18.4 Å². The molecule has 1 atom stereocenters. The van der Waals surface area contributed by atoms with Gasteiger partial charge in [-0.2, -0.15) is 4.39 Å². The highest BCUT2D eigenvalue weighted by molar-refractivity contribution is 5.94. The monoisotopic (exact) mass is 434 g/mol. The second-order valence-corrected chi connectivity index (χ2v) is 7.30. The van der Waals surface area contributed by atoms with Crippen LogP contribution in [0.5, 0.6) is 17.5 Å². The Morgan fingerprint density at radius 3 is 2.42 bits per heavy atom. The number of ether oxygens (including phenoxy) is 2. The fourth-order valence-electron chi connectivity index (χ4n) is 3.19. The molecule has 10 heteroatoms. The Morgan fingerprint density at radius 2 is 1.77 bits per heavy atom. The van der Waals surface area contributed by atoms with Crippen LogP contribution in [0, 0.1) is 11.6 Å². The Morgan fingerprint density at radius 1 is 1.10 bits per heavy atom. The summed E-state index contributed by atoms with van der Waals surface area (Å²) in [5.41, 5.74) is -0.324. The molecule has 166 valence electrons. The van der Waals surface area contributed by atoms with Crippen molar-refractivity contribution in [2.45, 2.75) is 39.2 Å². The molecule has 0 bridgehead atoms. The summed E-state index contributed by atoms with van der Waals surface area (Å²) in [5, 5.41) is 2.66. The van der Waals surface area contributed by atoms with Crippen LogP contribution in [0.4, 0.5) is 8.78 Å². The maximum absolute atomic E-state index is 14.5. The first-order valence-electron chi connectivity index (χ1n) is 10.0. The molecular weight excluding hydrogens is 410 g/mol. The first kappa shape index (κ1) is 22.4. The molecule has 0 saturated carbocycles. The molecule has 1 aromatic heterocycles. The molecule has 0 aliphatic carbocycles. The van der Waals surface area contributed by atoms with Crippen molar-refractivity contribution in [1.82, 2.24) is 20.2 Å². The van der Waals surface area contributed by atoms with Crippen molar-refractivity contribution in [3.8, 4) is 17.5 Å². The van der Waals surface area contributed by atoms with Crippen LogP contribution < -0.4 is 14.8 Å². The fraction of sp³-hybridized carbons (Fsp3) is 0.429. The SMILES string of the molecule is CC(=O)NC(C)COc1cnc(Oc2ccc(C(=O)N3CCCCC3)c(F)c2F)cn1. The second-order valence-electron chi connectivity index (χ2n) is 7.30. The first-order chi connectivity index (χ1) is 14.8. The lowest BCUT2D eigenvalue weighted by molar-refractivity contribution is -0.119. The zero-order chi connectivity index (χ0) is 22.4. The molecule has 0 spiro atoms. The largest absolute Gasteiger partial charge is 0.474 e. The van der Waals surface area contributed by atoms with Gasteiger partial charge in [-0.3, -0.25) is 9.59 Å². The van der Waals surface area contributed by atoms with Gasteiger partial charge in [0.05, 0.1) is 24.0 Å². The summed E-state index contributed by atoms with van der Waals surface area (Å²) < 4.78 is 39.7. The Labute approximate surface area is 178 Å². The minimum Gasteiger partial charge on any atom is -0.474 e. The highest BCUT2D eigenvalue weighted by atomic mass is 19.2. The predicted molar refractivity (Wildman–Crippen MR) is 107 cm³/mol. The molecule has 0 radical (unpaired) electrons. The number of hydrogen-bond acceptors (Lipinski definition) is 6. The molecule has 2 amide bonds. The third kappa shape index (κ3) is 5.87. The second kappa shape index (κ2) is 10.1. The zero-order valence-corrected chi connectivity index (χ0v) is 17.4. The van der Waals surface area contributed by atoms with Crippen LogP contribution in [0.3, 0.4) is 0 Å². The average Bonchev–Trinajstić information content (AvgIpc) is 2.76. The standard InChI is InChI=1S/C21H24F2N4O4/c1-13(26-14(2)28)12-30-17-10-25-18(11-24-17)31-16-7-6-15(19(22)20(16)23)21(29)27-8-4-3-5-9-27/h6-7,10-11,13H,3-5,8-9,12H2,1-2H3,(H,26,28). The van der Waals surface area contributed by atoms with E-state index in [-0.39, 0.29) is 35.9 Å². The van der Waals surface area contributed by atoms with Crippen LogP contribution in [0.1, 0.15) is 43.5 Å². The minimum absolute atomic E-state index is 0.0735. The van der Waals surface area contributed by atoms with Crippen molar-refractivity contribution in [1.29, 1.82) is 0 Å². The molecule has 1 aliphatic rings. The van der Waals surface area contributed by atoms with E-state index in [4.69, 9.17) is 9.47 Å². The van der Waals surface area contributed by atoms with Gasteiger partial charge in [0.25, 0.3) is 5.91 Å². The number of halogens is 2. The van der Waals surface area contributed by atoms with Crippen LogP contribution in [-0.4, -0.2) is 52.4 Å². The van der Waals surface area contributed by atoms with Crippen molar-refractivity contribution in [3.63, 3.8) is 0 Å². The number of aromatic nitrogens is 2. The number of amides is 2. The van der Waals surface area contributed by atoms with Crippen molar-refractivity contribution in [3.05, 3.63) is 41.7 Å². The van der Waals surface area contributed by atoms with Gasteiger partial charge in [-0.15, -0.1) is 0 Å². The Balaban J connectivity index is 1.64. The smallest absolute Gasteiger partial charge is 0.256 e.